The molecule has 1 aliphatic rings. The smallest absolute Gasteiger partial charge is 0.399 e. The number of nitrogen functional groups attached to an aromatic ring is 1. The van der Waals surface area contributed by atoms with Gasteiger partial charge in [-0.2, -0.15) is 0 Å². The zero-order valence-electron chi connectivity index (χ0n) is 11.5. The number of anilines is 1. The van der Waals surface area contributed by atoms with Gasteiger partial charge in [0, 0.05) is 11.2 Å². The zero-order chi connectivity index (χ0) is 13.7. The number of hydrogen-bond acceptors (Lipinski definition) is 3. The lowest BCUT2D eigenvalue weighted by molar-refractivity contribution is 0.00578. The molecule has 2 N–H and O–H groups in total. The van der Waals surface area contributed by atoms with Crippen molar-refractivity contribution in [3.63, 3.8) is 0 Å². The maximum absolute atomic E-state index is 13.5. The van der Waals surface area contributed by atoms with Gasteiger partial charge in [0.25, 0.3) is 0 Å². The summed E-state index contributed by atoms with van der Waals surface area (Å²) >= 11 is 0. The molecule has 1 fully saturated rings. The van der Waals surface area contributed by atoms with Gasteiger partial charge in [0.1, 0.15) is 5.82 Å². The minimum atomic E-state index is -0.621. The van der Waals surface area contributed by atoms with Crippen LogP contribution < -0.4 is 11.2 Å². The Morgan fingerprint density at radius 3 is 2.11 bits per heavy atom. The molecule has 0 atom stereocenters. The third kappa shape index (κ3) is 2.02. The molecule has 2 rings (SSSR count). The summed E-state index contributed by atoms with van der Waals surface area (Å²) in [7, 11) is -0.621. The fourth-order valence-electron chi connectivity index (χ4n) is 1.95. The van der Waals surface area contributed by atoms with Crippen molar-refractivity contribution in [2.45, 2.75) is 45.8 Å². The molecule has 0 saturated carbocycles. The van der Waals surface area contributed by atoms with E-state index in [9.17, 15) is 4.39 Å². The van der Waals surface area contributed by atoms with Gasteiger partial charge in [-0.15, -0.1) is 0 Å². The first-order valence-corrected chi connectivity index (χ1v) is 6.05. The molecule has 0 unspecified atom stereocenters. The van der Waals surface area contributed by atoms with E-state index in [2.05, 4.69) is 0 Å². The summed E-state index contributed by atoms with van der Waals surface area (Å²) in [5.41, 5.74) is 6.85. The highest BCUT2D eigenvalue weighted by Crippen LogP contribution is 2.37. The van der Waals surface area contributed by atoms with E-state index in [0.29, 0.717) is 16.7 Å². The summed E-state index contributed by atoms with van der Waals surface area (Å²) in [6.45, 7) is 9.59. The van der Waals surface area contributed by atoms with Crippen molar-refractivity contribution >= 4 is 18.3 Å². The Morgan fingerprint density at radius 1 is 1.11 bits per heavy atom. The molecule has 0 spiro atoms. The maximum atomic E-state index is 13.5. The summed E-state index contributed by atoms with van der Waals surface area (Å²) in [4.78, 5) is 0. The predicted molar refractivity (Wildman–Crippen MR) is 71.3 cm³/mol. The number of halogens is 1. The van der Waals surface area contributed by atoms with E-state index >= 15 is 0 Å². The maximum Gasteiger partial charge on any atom is 0.497 e. The minimum Gasteiger partial charge on any atom is -0.399 e. The average molecular weight is 251 g/mol. The van der Waals surface area contributed by atoms with Gasteiger partial charge in [-0.3, -0.25) is 0 Å². The van der Waals surface area contributed by atoms with Crippen molar-refractivity contribution in [3.8, 4) is 0 Å². The molecule has 0 aliphatic carbocycles. The molecule has 1 aliphatic heterocycles. The Hall–Kier alpha value is -1.07. The van der Waals surface area contributed by atoms with Crippen molar-refractivity contribution in [1.29, 1.82) is 0 Å². The predicted octanol–water partition coefficient (Wildman–Crippen LogP) is 2.02. The lowest BCUT2D eigenvalue weighted by Gasteiger charge is -2.32. The molecule has 18 heavy (non-hydrogen) atoms. The van der Waals surface area contributed by atoms with Crippen molar-refractivity contribution in [2.24, 2.45) is 0 Å². The molecule has 0 bridgehead atoms. The van der Waals surface area contributed by atoms with E-state index in [1.165, 1.54) is 12.1 Å². The summed E-state index contributed by atoms with van der Waals surface area (Å²) in [6.07, 6.45) is 0. The van der Waals surface area contributed by atoms with Gasteiger partial charge in [0.15, 0.2) is 0 Å². The molecule has 98 valence electrons. The Labute approximate surface area is 108 Å². The zero-order valence-corrected chi connectivity index (χ0v) is 11.5. The largest absolute Gasteiger partial charge is 0.497 e. The standard InChI is InChI=1S/C13H19BFNO2/c1-8-6-9(15)7-10(11(8)16)14-17-12(2,3)13(4,5)18-14/h6-7H,16H2,1-5H3. The van der Waals surface area contributed by atoms with Crippen molar-refractivity contribution in [3.05, 3.63) is 23.5 Å². The molecule has 1 heterocycles. The van der Waals surface area contributed by atoms with Gasteiger partial charge >= 0.3 is 7.12 Å². The van der Waals surface area contributed by atoms with E-state index in [1.54, 1.807) is 6.92 Å². The normalized spacial score (nSPS) is 21.3. The first-order chi connectivity index (χ1) is 8.14. The highest BCUT2D eigenvalue weighted by atomic mass is 19.1. The van der Waals surface area contributed by atoms with E-state index in [0.717, 1.165) is 0 Å². The highest BCUT2D eigenvalue weighted by Gasteiger charge is 2.52. The van der Waals surface area contributed by atoms with Crippen LogP contribution in [0.2, 0.25) is 0 Å². The topological polar surface area (TPSA) is 44.5 Å². The summed E-state index contributed by atoms with van der Waals surface area (Å²) < 4.78 is 25.2. The average Bonchev–Trinajstić information content (AvgIpc) is 2.42. The molecule has 3 nitrogen and oxygen atoms in total. The van der Waals surface area contributed by atoms with Crippen LogP contribution in [-0.4, -0.2) is 18.3 Å². The second-order valence-electron chi connectivity index (χ2n) is 5.81. The summed E-state index contributed by atoms with van der Waals surface area (Å²) in [5.74, 6) is -0.327. The van der Waals surface area contributed by atoms with Gasteiger partial charge in [-0.25, -0.2) is 4.39 Å². The van der Waals surface area contributed by atoms with Crippen LogP contribution in [0.1, 0.15) is 33.3 Å². The lowest BCUT2D eigenvalue weighted by Crippen LogP contribution is -2.41. The Morgan fingerprint density at radius 2 is 1.61 bits per heavy atom. The van der Waals surface area contributed by atoms with E-state index in [4.69, 9.17) is 15.0 Å². The first kappa shape index (κ1) is 13.4. The molecule has 0 radical (unpaired) electrons. The summed E-state index contributed by atoms with van der Waals surface area (Å²) in [5, 5.41) is 0. The minimum absolute atomic E-state index is 0.327. The second kappa shape index (κ2) is 3.97. The summed E-state index contributed by atoms with van der Waals surface area (Å²) in [6, 6.07) is 2.79. The molecule has 1 saturated heterocycles. The molecule has 0 amide bonds. The second-order valence-corrected chi connectivity index (χ2v) is 5.81. The van der Waals surface area contributed by atoms with Crippen LogP contribution in [-0.2, 0) is 9.31 Å². The van der Waals surface area contributed by atoms with Gasteiger partial charge in [0.2, 0.25) is 0 Å². The van der Waals surface area contributed by atoms with Gasteiger partial charge < -0.3 is 15.0 Å². The van der Waals surface area contributed by atoms with Gasteiger partial charge in [-0.05, 0) is 52.3 Å². The monoisotopic (exact) mass is 251 g/mol. The Balaban J connectivity index is 2.41. The van der Waals surface area contributed by atoms with Gasteiger partial charge in [-0.1, -0.05) is 0 Å². The quantitative estimate of drug-likeness (QED) is 0.613. The molecule has 1 aromatic rings. The van der Waals surface area contributed by atoms with Crippen LogP contribution in [0, 0.1) is 12.7 Å². The van der Waals surface area contributed by atoms with Crippen LogP contribution in [0.15, 0.2) is 12.1 Å². The van der Waals surface area contributed by atoms with Gasteiger partial charge in [0.05, 0.1) is 11.2 Å². The molecular weight excluding hydrogens is 232 g/mol. The van der Waals surface area contributed by atoms with E-state index in [-0.39, 0.29) is 5.82 Å². The number of hydrogen-bond donors (Lipinski definition) is 1. The van der Waals surface area contributed by atoms with Crippen LogP contribution in [0.3, 0.4) is 0 Å². The third-order valence-electron chi connectivity index (χ3n) is 3.89. The van der Waals surface area contributed by atoms with Crippen LogP contribution in [0.4, 0.5) is 10.1 Å². The number of benzene rings is 1. The Kier molecular flexibility index (Phi) is 2.95. The fourth-order valence-corrected chi connectivity index (χ4v) is 1.95. The fraction of sp³-hybridized carbons (Fsp3) is 0.538. The first-order valence-electron chi connectivity index (χ1n) is 6.05. The number of rotatable bonds is 1. The highest BCUT2D eigenvalue weighted by molar-refractivity contribution is 6.63. The van der Waals surface area contributed by atoms with E-state index < -0.39 is 18.3 Å². The van der Waals surface area contributed by atoms with Crippen molar-refractivity contribution in [2.75, 3.05) is 5.73 Å². The van der Waals surface area contributed by atoms with Crippen LogP contribution in [0.25, 0.3) is 0 Å². The van der Waals surface area contributed by atoms with Crippen molar-refractivity contribution < 1.29 is 13.7 Å². The molecule has 5 heteroatoms. The lowest BCUT2D eigenvalue weighted by atomic mass is 9.77. The Bertz CT molecular complexity index is 472. The molecule has 1 aromatic carbocycles. The van der Waals surface area contributed by atoms with Crippen molar-refractivity contribution in [1.82, 2.24) is 0 Å². The SMILES string of the molecule is Cc1cc(F)cc(B2OC(C)(C)C(C)(C)O2)c1N. The van der Waals surface area contributed by atoms with E-state index in [1.807, 2.05) is 27.7 Å². The molecule has 0 aromatic heterocycles. The third-order valence-corrected chi connectivity index (χ3v) is 3.89. The number of nitrogens with two attached hydrogens (primary N) is 1. The van der Waals surface area contributed by atoms with Crippen LogP contribution >= 0.6 is 0 Å². The number of aryl methyl sites for hydroxylation is 1. The molecular formula is C13H19BFNO2. The van der Waals surface area contributed by atoms with Crippen LogP contribution in [0.5, 0.6) is 0 Å².